The summed E-state index contributed by atoms with van der Waals surface area (Å²) in [5.41, 5.74) is 0.534. The maximum atomic E-state index is 11.0. The van der Waals surface area contributed by atoms with Gasteiger partial charge in [-0.3, -0.25) is 0 Å². The maximum Gasteiger partial charge on any atom is 0.330 e. The van der Waals surface area contributed by atoms with Gasteiger partial charge >= 0.3 is 5.97 Å². The van der Waals surface area contributed by atoms with Crippen LogP contribution in [0.5, 0.6) is 0 Å². The molecule has 0 bridgehead atoms. The summed E-state index contributed by atoms with van der Waals surface area (Å²) in [7, 11) is -1.31. The molecule has 0 atom stereocenters. The van der Waals surface area contributed by atoms with E-state index in [9.17, 15) is 4.79 Å². The van der Waals surface area contributed by atoms with E-state index in [1.54, 1.807) is 6.92 Å². The molecule has 0 aliphatic heterocycles. The van der Waals surface area contributed by atoms with E-state index >= 15 is 0 Å². The number of allylic oxidation sites excluding steroid dienone is 1. The minimum absolute atomic E-state index is 0.534. The molecule has 0 aliphatic rings. The minimum atomic E-state index is -1.31. The molecular formula is C17H34O2Si. The SMILES string of the molecule is CCCC[Si](CC=C(C)C(=O)O)(CCCC)CCCC. The standard InChI is InChI=1S/C17H34O2Si/c1-5-8-12-20(13-9-6-2,14-10-7-3)15-11-16(4)17(18)19/h11H,5-10,12-15H2,1-4H3,(H,18,19). The maximum absolute atomic E-state index is 11.0. The molecule has 0 aromatic rings. The molecule has 0 aromatic carbocycles. The van der Waals surface area contributed by atoms with Gasteiger partial charge in [-0.2, -0.15) is 0 Å². The summed E-state index contributed by atoms with van der Waals surface area (Å²) in [6.45, 7) is 8.52. The van der Waals surface area contributed by atoms with Crippen LogP contribution in [-0.4, -0.2) is 19.1 Å². The van der Waals surface area contributed by atoms with Crippen LogP contribution >= 0.6 is 0 Å². The fraction of sp³-hybridized carbons (Fsp3) is 0.824. The van der Waals surface area contributed by atoms with Gasteiger partial charge in [-0.25, -0.2) is 4.79 Å². The zero-order valence-corrected chi connectivity index (χ0v) is 15.0. The Balaban J connectivity index is 4.91. The minimum Gasteiger partial charge on any atom is -0.478 e. The van der Waals surface area contributed by atoms with Crippen molar-refractivity contribution in [3.8, 4) is 0 Å². The molecule has 0 saturated carbocycles. The van der Waals surface area contributed by atoms with Gasteiger partial charge in [0.05, 0.1) is 8.07 Å². The van der Waals surface area contributed by atoms with Crippen LogP contribution in [0.3, 0.4) is 0 Å². The van der Waals surface area contributed by atoms with Crippen LogP contribution < -0.4 is 0 Å². The van der Waals surface area contributed by atoms with Crippen LogP contribution in [0.25, 0.3) is 0 Å². The van der Waals surface area contributed by atoms with Gasteiger partial charge in [0, 0.05) is 5.57 Å². The molecule has 0 fully saturated rings. The van der Waals surface area contributed by atoms with Crippen molar-refractivity contribution in [3.05, 3.63) is 11.6 Å². The molecular weight excluding hydrogens is 264 g/mol. The molecule has 0 spiro atoms. The third kappa shape index (κ3) is 7.88. The molecule has 20 heavy (non-hydrogen) atoms. The number of carbonyl (C=O) groups is 1. The summed E-state index contributed by atoms with van der Waals surface area (Å²) < 4.78 is 0. The lowest BCUT2D eigenvalue weighted by atomic mass is 10.3. The second kappa shape index (κ2) is 11.1. The zero-order chi connectivity index (χ0) is 15.4. The Morgan fingerprint density at radius 3 is 1.65 bits per heavy atom. The molecule has 1 N–H and O–H groups in total. The summed E-state index contributed by atoms with van der Waals surface area (Å²) in [5, 5.41) is 9.05. The van der Waals surface area contributed by atoms with E-state index in [-0.39, 0.29) is 0 Å². The van der Waals surface area contributed by atoms with Crippen molar-refractivity contribution in [2.75, 3.05) is 0 Å². The largest absolute Gasteiger partial charge is 0.478 e. The number of aliphatic carboxylic acids is 1. The van der Waals surface area contributed by atoms with Crippen LogP contribution in [0.1, 0.15) is 66.2 Å². The van der Waals surface area contributed by atoms with Crippen molar-refractivity contribution in [1.29, 1.82) is 0 Å². The second-order valence-corrected chi connectivity index (χ2v) is 11.1. The third-order valence-corrected chi connectivity index (χ3v) is 9.67. The van der Waals surface area contributed by atoms with Crippen LogP contribution in [0.2, 0.25) is 24.2 Å². The van der Waals surface area contributed by atoms with E-state index < -0.39 is 14.0 Å². The first-order chi connectivity index (χ1) is 9.51. The molecule has 0 heterocycles. The molecule has 118 valence electrons. The smallest absolute Gasteiger partial charge is 0.330 e. The van der Waals surface area contributed by atoms with Gasteiger partial charge in [0.1, 0.15) is 0 Å². The van der Waals surface area contributed by atoms with Crippen LogP contribution in [0.4, 0.5) is 0 Å². The Bertz CT molecular complexity index is 276. The fourth-order valence-electron chi connectivity index (χ4n) is 2.79. The van der Waals surface area contributed by atoms with Gasteiger partial charge in [0.15, 0.2) is 0 Å². The van der Waals surface area contributed by atoms with Crippen molar-refractivity contribution in [2.45, 2.75) is 90.4 Å². The Morgan fingerprint density at radius 2 is 1.35 bits per heavy atom. The van der Waals surface area contributed by atoms with Crippen molar-refractivity contribution in [3.63, 3.8) is 0 Å². The predicted octanol–water partition coefficient (Wildman–Crippen LogP) is 5.87. The van der Waals surface area contributed by atoms with E-state index in [0.29, 0.717) is 5.57 Å². The summed E-state index contributed by atoms with van der Waals surface area (Å²) in [6.07, 6.45) is 9.76. The fourth-order valence-corrected chi connectivity index (χ4v) is 8.21. The van der Waals surface area contributed by atoms with E-state index in [1.807, 2.05) is 6.08 Å². The summed E-state index contributed by atoms with van der Waals surface area (Å²) >= 11 is 0. The average molecular weight is 299 g/mol. The quantitative estimate of drug-likeness (QED) is 0.361. The Kier molecular flexibility index (Phi) is 10.8. The summed E-state index contributed by atoms with van der Waals surface area (Å²) in [5.74, 6) is -0.755. The molecule has 2 nitrogen and oxygen atoms in total. The van der Waals surface area contributed by atoms with Gasteiger partial charge in [0.2, 0.25) is 0 Å². The number of carboxylic acids is 1. The Morgan fingerprint density at radius 1 is 0.950 bits per heavy atom. The third-order valence-electron chi connectivity index (χ3n) is 4.36. The summed E-state index contributed by atoms with van der Waals surface area (Å²) in [4.78, 5) is 11.0. The van der Waals surface area contributed by atoms with E-state index in [2.05, 4.69) is 20.8 Å². The summed E-state index contributed by atoms with van der Waals surface area (Å²) in [6, 6.07) is 5.22. The normalized spacial score (nSPS) is 12.7. The highest BCUT2D eigenvalue weighted by Crippen LogP contribution is 2.32. The molecule has 0 amide bonds. The second-order valence-electron chi connectivity index (χ2n) is 6.21. The number of hydrogen-bond acceptors (Lipinski definition) is 1. The monoisotopic (exact) mass is 298 g/mol. The van der Waals surface area contributed by atoms with Crippen LogP contribution in [0.15, 0.2) is 11.6 Å². The molecule has 0 radical (unpaired) electrons. The van der Waals surface area contributed by atoms with Gasteiger partial charge < -0.3 is 5.11 Å². The Hall–Kier alpha value is -0.573. The zero-order valence-electron chi connectivity index (χ0n) is 14.0. The van der Waals surface area contributed by atoms with Crippen molar-refractivity contribution in [1.82, 2.24) is 0 Å². The van der Waals surface area contributed by atoms with Crippen molar-refractivity contribution >= 4 is 14.0 Å². The lowest BCUT2D eigenvalue weighted by Crippen LogP contribution is -2.33. The number of rotatable bonds is 12. The highest BCUT2D eigenvalue weighted by Gasteiger charge is 2.29. The molecule has 0 unspecified atom stereocenters. The highest BCUT2D eigenvalue weighted by atomic mass is 28.3. The van der Waals surface area contributed by atoms with Gasteiger partial charge in [-0.05, 0) is 13.0 Å². The van der Waals surface area contributed by atoms with E-state index in [4.69, 9.17) is 5.11 Å². The number of carboxylic acid groups (broad SMARTS) is 1. The van der Waals surface area contributed by atoms with Crippen molar-refractivity contribution < 1.29 is 9.90 Å². The van der Waals surface area contributed by atoms with Gasteiger partial charge in [-0.1, -0.05) is 83.5 Å². The first-order valence-corrected chi connectivity index (χ1v) is 11.2. The Labute approximate surface area is 126 Å². The lowest BCUT2D eigenvalue weighted by molar-refractivity contribution is -0.132. The molecule has 0 saturated heterocycles. The van der Waals surface area contributed by atoms with Crippen LogP contribution in [0, 0.1) is 0 Å². The first-order valence-electron chi connectivity index (χ1n) is 8.41. The lowest BCUT2D eigenvalue weighted by Gasteiger charge is -2.31. The van der Waals surface area contributed by atoms with Crippen LogP contribution in [-0.2, 0) is 4.79 Å². The highest BCUT2D eigenvalue weighted by molar-refractivity contribution is 6.80. The first kappa shape index (κ1) is 19.4. The van der Waals surface area contributed by atoms with E-state index in [1.165, 1.54) is 56.7 Å². The number of unbranched alkanes of at least 4 members (excludes halogenated alkanes) is 3. The average Bonchev–Trinajstić information content (AvgIpc) is 2.45. The predicted molar refractivity (Wildman–Crippen MR) is 91.1 cm³/mol. The van der Waals surface area contributed by atoms with E-state index in [0.717, 1.165) is 6.04 Å². The van der Waals surface area contributed by atoms with Gasteiger partial charge in [0.25, 0.3) is 0 Å². The molecule has 3 heteroatoms. The van der Waals surface area contributed by atoms with Gasteiger partial charge in [-0.15, -0.1) is 0 Å². The van der Waals surface area contributed by atoms with Crippen molar-refractivity contribution in [2.24, 2.45) is 0 Å². The molecule has 0 rings (SSSR count). The topological polar surface area (TPSA) is 37.3 Å². The molecule has 0 aliphatic carbocycles. The molecule has 0 aromatic heterocycles. The number of hydrogen-bond donors (Lipinski definition) is 1.